The van der Waals surface area contributed by atoms with Crippen molar-refractivity contribution in [1.82, 2.24) is 5.32 Å². The van der Waals surface area contributed by atoms with Crippen molar-refractivity contribution in [3.05, 3.63) is 29.8 Å². The molecule has 1 aromatic carbocycles. The van der Waals surface area contributed by atoms with Crippen molar-refractivity contribution in [2.24, 2.45) is 0 Å². The molecule has 1 N–H and O–H groups in total. The van der Waals surface area contributed by atoms with Gasteiger partial charge in [-0.1, -0.05) is 38.5 Å². The Balaban J connectivity index is 2.86. The molecule has 0 aromatic heterocycles. The van der Waals surface area contributed by atoms with Crippen molar-refractivity contribution >= 4 is 5.69 Å². The van der Waals surface area contributed by atoms with E-state index in [2.05, 4.69) is 62.2 Å². The highest BCUT2D eigenvalue weighted by atomic mass is 15.1. The van der Waals surface area contributed by atoms with Crippen LogP contribution >= 0.6 is 0 Å². The number of benzene rings is 1. The summed E-state index contributed by atoms with van der Waals surface area (Å²) in [6, 6.07) is 9.25. The Morgan fingerprint density at radius 2 is 1.84 bits per heavy atom. The highest BCUT2D eigenvalue weighted by molar-refractivity contribution is 5.54. The highest BCUT2D eigenvalue weighted by Gasteiger charge is 2.13. The predicted molar refractivity (Wildman–Crippen MR) is 85.9 cm³/mol. The molecule has 0 amide bonds. The molecule has 1 rings (SSSR count). The van der Waals surface area contributed by atoms with Gasteiger partial charge in [0.05, 0.1) is 0 Å². The van der Waals surface area contributed by atoms with Crippen LogP contribution in [0.25, 0.3) is 0 Å². The van der Waals surface area contributed by atoms with E-state index >= 15 is 0 Å². The molecule has 0 radical (unpaired) electrons. The van der Waals surface area contributed by atoms with Crippen molar-refractivity contribution in [3.63, 3.8) is 0 Å². The molecule has 0 spiro atoms. The van der Waals surface area contributed by atoms with E-state index in [0.717, 1.165) is 19.6 Å². The lowest BCUT2D eigenvalue weighted by Crippen LogP contribution is -2.27. The van der Waals surface area contributed by atoms with E-state index < -0.39 is 0 Å². The zero-order valence-corrected chi connectivity index (χ0v) is 13.1. The van der Waals surface area contributed by atoms with Crippen LogP contribution in [0.4, 0.5) is 5.69 Å². The van der Waals surface area contributed by atoms with Crippen molar-refractivity contribution in [2.75, 3.05) is 24.5 Å². The molecule has 0 heterocycles. The molecule has 2 nitrogen and oxygen atoms in total. The standard InChI is InChI=1S/C17H30N2/c1-5-8-14-19(7-3)17-12-10-9-11-16(17)15(4)18-13-6-2/h9-12,15,18H,5-8,13-14H2,1-4H3. The van der Waals surface area contributed by atoms with Crippen LogP contribution in [0.3, 0.4) is 0 Å². The first-order chi connectivity index (χ1) is 9.24. The SMILES string of the molecule is CCCCN(CC)c1ccccc1C(C)NCCC. The Bertz CT molecular complexity index is 349. The largest absolute Gasteiger partial charge is 0.372 e. The van der Waals surface area contributed by atoms with Crippen LogP contribution in [0.5, 0.6) is 0 Å². The number of anilines is 1. The van der Waals surface area contributed by atoms with Crippen LogP contribution in [0.1, 0.15) is 58.6 Å². The van der Waals surface area contributed by atoms with E-state index in [-0.39, 0.29) is 0 Å². The van der Waals surface area contributed by atoms with Crippen LogP contribution in [0.2, 0.25) is 0 Å². The Kier molecular flexibility index (Phi) is 7.57. The maximum Gasteiger partial charge on any atom is 0.0414 e. The van der Waals surface area contributed by atoms with Crippen LogP contribution in [-0.2, 0) is 0 Å². The van der Waals surface area contributed by atoms with Crippen molar-refractivity contribution in [3.8, 4) is 0 Å². The smallest absolute Gasteiger partial charge is 0.0414 e. The number of hydrogen-bond acceptors (Lipinski definition) is 2. The first kappa shape index (κ1) is 16.0. The molecule has 0 bridgehead atoms. The summed E-state index contributed by atoms with van der Waals surface area (Å²) in [4.78, 5) is 2.50. The van der Waals surface area contributed by atoms with Crippen molar-refractivity contribution in [1.29, 1.82) is 0 Å². The first-order valence-electron chi connectivity index (χ1n) is 7.81. The van der Waals surface area contributed by atoms with Gasteiger partial charge in [0.15, 0.2) is 0 Å². The first-order valence-corrected chi connectivity index (χ1v) is 7.81. The minimum Gasteiger partial charge on any atom is -0.372 e. The Morgan fingerprint density at radius 1 is 1.11 bits per heavy atom. The van der Waals surface area contributed by atoms with Gasteiger partial charge in [-0.3, -0.25) is 0 Å². The second-order valence-electron chi connectivity index (χ2n) is 5.17. The van der Waals surface area contributed by atoms with Gasteiger partial charge in [-0.2, -0.15) is 0 Å². The third-order valence-electron chi connectivity index (χ3n) is 3.61. The zero-order valence-electron chi connectivity index (χ0n) is 13.1. The summed E-state index contributed by atoms with van der Waals surface area (Å²) in [5.74, 6) is 0. The van der Waals surface area contributed by atoms with Gasteiger partial charge >= 0.3 is 0 Å². The molecule has 0 saturated heterocycles. The van der Waals surface area contributed by atoms with E-state index in [9.17, 15) is 0 Å². The van der Waals surface area contributed by atoms with Crippen LogP contribution < -0.4 is 10.2 Å². The molecule has 0 aliphatic heterocycles. The maximum absolute atomic E-state index is 3.60. The number of para-hydroxylation sites is 1. The topological polar surface area (TPSA) is 15.3 Å². The predicted octanol–water partition coefficient (Wildman–Crippen LogP) is 4.37. The fraction of sp³-hybridized carbons (Fsp3) is 0.647. The molecule has 1 aromatic rings. The van der Waals surface area contributed by atoms with Gasteiger partial charge in [0, 0.05) is 24.8 Å². The Hall–Kier alpha value is -1.02. The van der Waals surface area contributed by atoms with E-state index in [1.54, 1.807) is 0 Å². The number of rotatable bonds is 9. The average Bonchev–Trinajstić information content (AvgIpc) is 2.46. The molecule has 1 atom stereocenters. The summed E-state index contributed by atoms with van der Waals surface area (Å²) in [6.45, 7) is 12.3. The normalized spacial score (nSPS) is 12.4. The monoisotopic (exact) mass is 262 g/mol. The van der Waals surface area contributed by atoms with E-state index in [0.29, 0.717) is 6.04 Å². The summed E-state index contributed by atoms with van der Waals surface area (Å²) >= 11 is 0. The molecular weight excluding hydrogens is 232 g/mol. The third kappa shape index (κ3) is 4.87. The fourth-order valence-electron chi connectivity index (χ4n) is 2.41. The van der Waals surface area contributed by atoms with Gasteiger partial charge < -0.3 is 10.2 Å². The van der Waals surface area contributed by atoms with Gasteiger partial charge in [-0.05, 0) is 44.9 Å². The van der Waals surface area contributed by atoms with E-state index in [4.69, 9.17) is 0 Å². The maximum atomic E-state index is 3.60. The fourth-order valence-corrected chi connectivity index (χ4v) is 2.41. The molecule has 2 heteroatoms. The minimum atomic E-state index is 0.423. The molecule has 0 saturated carbocycles. The number of unbranched alkanes of at least 4 members (excludes halogenated alkanes) is 1. The van der Waals surface area contributed by atoms with Crippen molar-refractivity contribution in [2.45, 2.75) is 53.0 Å². The second-order valence-corrected chi connectivity index (χ2v) is 5.17. The summed E-state index contributed by atoms with van der Waals surface area (Å²) in [5, 5.41) is 3.60. The summed E-state index contributed by atoms with van der Waals surface area (Å²) < 4.78 is 0. The van der Waals surface area contributed by atoms with Crippen LogP contribution in [-0.4, -0.2) is 19.6 Å². The van der Waals surface area contributed by atoms with Crippen LogP contribution in [0.15, 0.2) is 24.3 Å². The molecular formula is C17H30N2. The average molecular weight is 262 g/mol. The summed E-state index contributed by atoms with van der Waals surface area (Å²) in [6.07, 6.45) is 3.70. The molecule has 19 heavy (non-hydrogen) atoms. The molecule has 0 fully saturated rings. The second kappa shape index (κ2) is 8.98. The van der Waals surface area contributed by atoms with Gasteiger partial charge in [-0.15, -0.1) is 0 Å². The highest BCUT2D eigenvalue weighted by Crippen LogP contribution is 2.26. The Morgan fingerprint density at radius 3 is 2.47 bits per heavy atom. The van der Waals surface area contributed by atoms with Gasteiger partial charge in [0.2, 0.25) is 0 Å². The summed E-state index contributed by atoms with van der Waals surface area (Å²) in [7, 11) is 0. The molecule has 108 valence electrons. The lowest BCUT2D eigenvalue weighted by atomic mass is 10.0. The van der Waals surface area contributed by atoms with E-state index in [1.165, 1.54) is 30.5 Å². The molecule has 1 unspecified atom stereocenters. The number of hydrogen-bond donors (Lipinski definition) is 1. The Labute approximate surface area is 119 Å². The molecule has 0 aliphatic carbocycles. The van der Waals surface area contributed by atoms with E-state index in [1.807, 2.05) is 0 Å². The van der Waals surface area contributed by atoms with Gasteiger partial charge in [-0.25, -0.2) is 0 Å². The zero-order chi connectivity index (χ0) is 14.1. The van der Waals surface area contributed by atoms with Gasteiger partial charge in [0.1, 0.15) is 0 Å². The number of nitrogens with one attached hydrogen (secondary N) is 1. The third-order valence-corrected chi connectivity index (χ3v) is 3.61. The number of nitrogens with zero attached hydrogens (tertiary/aromatic N) is 1. The quantitative estimate of drug-likeness (QED) is 0.710. The minimum absolute atomic E-state index is 0.423. The lowest BCUT2D eigenvalue weighted by Gasteiger charge is -2.28. The lowest BCUT2D eigenvalue weighted by molar-refractivity contribution is 0.568. The van der Waals surface area contributed by atoms with Crippen LogP contribution in [0, 0.1) is 0 Å². The molecule has 0 aliphatic rings. The summed E-state index contributed by atoms with van der Waals surface area (Å²) in [5.41, 5.74) is 2.82. The van der Waals surface area contributed by atoms with Crippen molar-refractivity contribution < 1.29 is 0 Å². The van der Waals surface area contributed by atoms with Gasteiger partial charge in [0.25, 0.3) is 0 Å².